The number of unbranched alkanes of at least 4 members (excludes halogenated alkanes) is 9. The quantitative estimate of drug-likeness (QED) is 0.0656. The minimum Gasteiger partial charge on any atom is -0.466 e. The predicted octanol–water partition coefficient (Wildman–Crippen LogP) is 9.41. The van der Waals surface area contributed by atoms with Gasteiger partial charge < -0.3 is 4.74 Å². The minimum atomic E-state index is -6.90. The van der Waals surface area contributed by atoms with Gasteiger partial charge in [-0.3, -0.25) is 4.79 Å². The van der Waals surface area contributed by atoms with E-state index in [0.29, 0.717) is 6.42 Å². The maximum Gasteiger partial charge on any atom is 0.460 e. The third-order valence-electron chi connectivity index (χ3n) is 5.06. The zero-order valence-corrected chi connectivity index (χ0v) is 21.2. The summed E-state index contributed by atoms with van der Waals surface area (Å²) in [4.78, 5) is 11.6. The van der Waals surface area contributed by atoms with Crippen molar-refractivity contribution in [3.05, 3.63) is 9.66 Å². The van der Waals surface area contributed by atoms with Gasteiger partial charge in [-0.2, -0.15) is 39.5 Å². The number of esters is 1. The standard InChI is InChI=1S/C22H32F9IO2/c1-2-3-4-5-6-7-8-9-10-14-18(33)34-15-12-11-13-17(32)16-19(23,24)20(25,26)21(27,28)22(29,30)31/h16H,2-15H2,1H3/b17-16+. The molecule has 0 N–H and O–H groups in total. The van der Waals surface area contributed by atoms with Crippen LogP contribution in [-0.2, 0) is 9.53 Å². The highest BCUT2D eigenvalue weighted by molar-refractivity contribution is 14.1. The van der Waals surface area contributed by atoms with Crippen LogP contribution < -0.4 is 0 Å². The van der Waals surface area contributed by atoms with Crippen molar-refractivity contribution >= 4 is 28.6 Å². The summed E-state index contributed by atoms with van der Waals surface area (Å²) in [7, 11) is 0. The second-order valence-corrected chi connectivity index (χ2v) is 9.50. The smallest absolute Gasteiger partial charge is 0.460 e. The Labute approximate surface area is 208 Å². The molecule has 0 aliphatic heterocycles. The van der Waals surface area contributed by atoms with E-state index < -0.39 is 39.6 Å². The molecule has 2 nitrogen and oxygen atoms in total. The molecule has 12 heteroatoms. The molecule has 0 rings (SSSR count). The first kappa shape index (κ1) is 33.3. The Morgan fingerprint density at radius 3 is 1.68 bits per heavy atom. The highest BCUT2D eigenvalue weighted by Crippen LogP contribution is 2.53. The van der Waals surface area contributed by atoms with Gasteiger partial charge in [0.05, 0.1) is 6.61 Å². The fourth-order valence-corrected chi connectivity index (χ4v) is 3.75. The van der Waals surface area contributed by atoms with Crippen LogP contribution in [0.25, 0.3) is 0 Å². The van der Waals surface area contributed by atoms with Crippen LogP contribution in [0, 0.1) is 0 Å². The highest BCUT2D eigenvalue weighted by atomic mass is 127. The predicted molar refractivity (Wildman–Crippen MR) is 120 cm³/mol. The highest BCUT2D eigenvalue weighted by Gasteiger charge is 2.81. The molecular weight excluding hydrogens is 594 g/mol. The Kier molecular flexibility index (Phi) is 15.1. The molecule has 0 spiro atoms. The second kappa shape index (κ2) is 15.4. The van der Waals surface area contributed by atoms with Crippen LogP contribution in [0.15, 0.2) is 9.66 Å². The number of allylic oxidation sites excluding steroid dienone is 2. The lowest BCUT2D eigenvalue weighted by atomic mass is 10.0. The normalized spacial score (nSPS) is 13.9. The van der Waals surface area contributed by atoms with E-state index in [4.69, 9.17) is 4.74 Å². The molecule has 0 aromatic carbocycles. The van der Waals surface area contributed by atoms with E-state index in [2.05, 4.69) is 6.92 Å². The van der Waals surface area contributed by atoms with Crippen LogP contribution in [-0.4, -0.2) is 36.5 Å². The van der Waals surface area contributed by atoms with E-state index in [1.165, 1.54) is 54.7 Å². The number of hydrogen-bond donors (Lipinski definition) is 0. The van der Waals surface area contributed by atoms with Gasteiger partial charge >= 0.3 is 29.9 Å². The molecule has 0 radical (unpaired) electrons. The van der Waals surface area contributed by atoms with Gasteiger partial charge in [-0.1, -0.05) is 58.3 Å². The van der Waals surface area contributed by atoms with Gasteiger partial charge in [-0.05, 0) is 51.9 Å². The zero-order valence-electron chi connectivity index (χ0n) is 19.1. The number of hydrogen-bond acceptors (Lipinski definition) is 2. The van der Waals surface area contributed by atoms with Gasteiger partial charge in [0.15, 0.2) is 0 Å². The molecule has 0 aromatic heterocycles. The van der Waals surface area contributed by atoms with Crippen molar-refractivity contribution in [1.29, 1.82) is 0 Å². The van der Waals surface area contributed by atoms with E-state index in [9.17, 15) is 44.3 Å². The lowest BCUT2D eigenvalue weighted by molar-refractivity contribution is -0.388. The summed E-state index contributed by atoms with van der Waals surface area (Å²) in [6, 6.07) is 0. The van der Waals surface area contributed by atoms with Crippen molar-refractivity contribution < 1.29 is 49.0 Å². The Morgan fingerprint density at radius 1 is 0.706 bits per heavy atom. The Morgan fingerprint density at radius 2 is 1.18 bits per heavy atom. The van der Waals surface area contributed by atoms with Gasteiger partial charge in [0.25, 0.3) is 0 Å². The van der Waals surface area contributed by atoms with Crippen LogP contribution >= 0.6 is 22.6 Å². The molecule has 0 bridgehead atoms. The first-order valence-electron chi connectivity index (χ1n) is 11.3. The summed E-state index contributed by atoms with van der Waals surface area (Å²) in [5.74, 6) is -19.7. The van der Waals surface area contributed by atoms with Gasteiger partial charge in [-0.25, -0.2) is 0 Å². The summed E-state index contributed by atoms with van der Waals surface area (Å²) < 4.78 is 120. The first-order valence-corrected chi connectivity index (χ1v) is 12.4. The third-order valence-corrected chi connectivity index (χ3v) is 5.92. The summed E-state index contributed by atoms with van der Waals surface area (Å²) in [6.07, 6.45) is 2.59. The average molecular weight is 626 g/mol. The molecule has 0 atom stereocenters. The average Bonchev–Trinajstić information content (AvgIpc) is 2.70. The number of carbonyl (C=O) groups is 1. The Hall–Kier alpha value is -0.690. The van der Waals surface area contributed by atoms with Gasteiger partial charge in [0.1, 0.15) is 0 Å². The van der Waals surface area contributed by atoms with Crippen LogP contribution in [0.5, 0.6) is 0 Å². The lowest BCUT2D eigenvalue weighted by Gasteiger charge is -2.32. The molecule has 0 saturated carbocycles. The van der Waals surface area contributed by atoms with Gasteiger partial charge in [-0.15, -0.1) is 0 Å². The maximum atomic E-state index is 13.5. The van der Waals surface area contributed by atoms with Gasteiger partial charge in [0.2, 0.25) is 0 Å². The van der Waals surface area contributed by atoms with Crippen molar-refractivity contribution in [2.75, 3.05) is 6.61 Å². The number of rotatable bonds is 18. The SMILES string of the molecule is CCCCCCCCCCCC(=O)OCCCC/C(I)=C\C(F)(F)C(F)(F)C(F)(F)C(F)(F)F. The van der Waals surface area contributed by atoms with E-state index in [1.54, 1.807) is 0 Å². The fraction of sp³-hybridized carbons (Fsp3) is 0.864. The minimum absolute atomic E-state index is 0.0428. The monoisotopic (exact) mass is 626 g/mol. The zero-order chi connectivity index (χ0) is 26.5. The van der Waals surface area contributed by atoms with Crippen LogP contribution in [0.4, 0.5) is 39.5 Å². The number of halogens is 10. The molecule has 0 saturated heterocycles. The van der Waals surface area contributed by atoms with Crippen molar-refractivity contribution in [3.8, 4) is 0 Å². The molecule has 0 aromatic rings. The van der Waals surface area contributed by atoms with E-state index in [1.807, 2.05) is 0 Å². The van der Waals surface area contributed by atoms with Gasteiger partial charge in [0, 0.05) is 12.5 Å². The van der Waals surface area contributed by atoms with Crippen LogP contribution in [0.3, 0.4) is 0 Å². The molecule has 202 valence electrons. The topological polar surface area (TPSA) is 26.3 Å². The van der Waals surface area contributed by atoms with Crippen molar-refractivity contribution in [1.82, 2.24) is 0 Å². The van der Waals surface area contributed by atoms with E-state index >= 15 is 0 Å². The van der Waals surface area contributed by atoms with Crippen molar-refractivity contribution in [3.63, 3.8) is 0 Å². The number of ether oxygens (including phenoxy) is 1. The molecule has 34 heavy (non-hydrogen) atoms. The van der Waals surface area contributed by atoms with Crippen molar-refractivity contribution in [2.24, 2.45) is 0 Å². The van der Waals surface area contributed by atoms with E-state index in [0.717, 1.165) is 19.3 Å². The number of carbonyl (C=O) groups excluding carboxylic acids is 1. The largest absolute Gasteiger partial charge is 0.466 e. The fourth-order valence-electron chi connectivity index (χ4n) is 2.98. The maximum absolute atomic E-state index is 13.5. The lowest BCUT2D eigenvalue weighted by Crippen LogP contribution is -2.60. The summed E-state index contributed by atoms with van der Waals surface area (Å²) >= 11 is 1.17. The summed E-state index contributed by atoms with van der Waals surface area (Å²) in [6.45, 7) is 2.11. The Bertz CT molecular complexity index is 620. The molecule has 0 unspecified atom stereocenters. The van der Waals surface area contributed by atoms with Crippen molar-refractivity contribution in [2.45, 2.75) is 114 Å². The third kappa shape index (κ3) is 11.4. The van der Waals surface area contributed by atoms with Crippen LogP contribution in [0.1, 0.15) is 90.4 Å². The molecule has 0 heterocycles. The molecule has 0 aliphatic carbocycles. The molecule has 0 aliphatic rings. The first-order chi connectivity index (χ1) is 15.6. The molecule has 0 fully saturated rings. The summed E-state index contributed by atoms with van der Waals surface area (Å²) in [5, 5.41) is 0. The Balaban J connectivity index is 4.19. The molecule has 0 amide bonds. The second-order valence-electron chi connectivity index (χ2n) is 8.12. The van der Waals surface area contributed by atoms with Crippen LogP contribution in [0.2, 0.25) is 0 Å². The molecular formula is C22H32F9IO2. The summed E-state index contributed by atoms with van der Waals surface area (Å²) in [5.41, 5.74) is 0. The van der Waals surface area contributed by atoms with E-state index in [-0.39, 0.29) is 32.3 Å². The number of alkyl halides is 9.